The minimum Gasteiger partial charge on any atom is -0.366 e. The van der Waals surface area contributed by atoms with Crippen LogP contribution in [-0.2, 0) is 20.6 Å². The molecule has 0 aliphatic carbocycles. The summed E-state index contributed by atoms with van der Waals surface area (Å²) in [7, 11) is 2.87. The Morgan fingerprint density at radius 3 is 2.64 bits per heavy atom. The first-order valence-electron chi connectivity index (χ1n) is 7.54. The van der Waals surface area contributed by atoms with Crippen LogP contribution < -0.4 is 16.6 Å². The Labute approximate surface area is 143 Å². The highest BCUT2D eigenvalue weighted by molar-refractivity contribution is 5.52. The van der Waals surface area contributed by atoms with E-state index in [2.05, 4.69) is 10.3 Å². The van der Waals surface area contributed by atoms with Gasteiger partial charge in [0.15, 0.2) is 5.56 Å². The fourth-order valence-corrected chi connectivity index (χ4v) is 2.64. The second-order valence-electron chi connectivity index (χ2n) is 5.49. The molecule has 0 atom stereocenters. The molecule has 0 aliphatic rings. The largest absolute Gasteiger partial charge is 0.366 e. The predicted octanol–water partition coefficient (Wildman–Crippen LogP) is 0.753. The van der Waals surface area contributed by atoms with E-state index in [9.17, 15) is 14.9 Å². The summed E-state index contributed by atoms with van der Waals surface area (Å²) >= 11 is 0. The van der Waals surface area contributed by atoms with Gasteiger partial charge >= 0.3 is 5.69 Å². The van der Waals surface area contributed by atoms with E-state index in [0.29, 0.717) is 6.54 Å². The summed E-state index contributed by atoms with van der Waals surface area (Å²) in [6.45, 7) is 0.337. The van der Waals surface area contributed by atoms with Gasteiger partial charge in [-0.15, -0.1) is 0 Å². The molecule has 0 bridgehead atoms. The van der Waals surface area contributed by atoms with Crippen LogP contribution in [0.5, 0.6) is 0 Å². The number of benzene rings is 1. The third-order valence-electron chi connectivity index (χ3n) is 4.00. The first kappa shape index (κ1) is 16.3. The average molecular weight is 336 g/mol. The first-order chi connectivity index (χ1) is 12.0. The van der Waals surface area contributed by atoms with E-state index in [4.69, 9.17) is 0 Å². The van der Waals surface area contributed by atoms with Crippen LogP contribution in [0.25, 0.3) is 5.69 Å². The monoisotopic (exact) mass is 336 g/mol. The summed E-state index contributed by atoms with van der Waals surface area (Å²) in [6.07, 6.45) is 5.20. The second kappa shape index (κ2) is 6.49. The molecule has 3 aromatic rings. The minimum atomic E-state index is -0.615. The Bertz CT molecular complexity index is 1070. The van der Waals surface area contributed by atoms with Crippen molar-refractivity contribution >= 4 is 5.82 Å². The van der Waals surface area contributed by atoms with Crippen LogP contribution in [0.15, 0.2) is 52.6 Å². The maximum atomic E-state index is 12.1. The second-order valence-corrected chi connectivity index (χ2v) is 5.49. The van der Waals surface area contributed by atoms with Crippen LogP contribution in [-0.4, -0.2) is 18.7 Å². The predicted molar refractivity (Wildman–Crippen MR) is 92.5 cm³/mol. The molecular weight excluding hydrogens is 320 g/mol. The van der Waals surface area contributed by atoms with Gasteiger partial charge in [0.05, 0.1) is 12.0 Å². The molecule has 0 aliphatic heterocycles. The Morgan fingerprint density at radius 2 is 1.96 bits per heavy atom. The lowest BCUT2D eigenvalue weighted by molar-refractivity contribution is 0.685. The normalized spacial score (nSPS) is 10.4. The molecule has 1 N–H and O–H groups in total. The van der Waals surface area contributed by atoms with E-state index in [-0.39, 0.29) is 11.4 Å². The van der Waals surface area contributed by atoms with E-state index < -0.39 is 11.2 Å². The van der Waals surface area contributed by atoms with Crippen LogP contribution in [0.3, 0.4) is 0 Å². The van der Waals surface area contributed by atoms with Crippen molar-refractivity contribution in [1.82, 2.24) is 18.7 Å². The molecule has 0 amide bonds. The molecule has 8 nitrogen and oxygen atoms in total. The Morgan fingerprint density at radius 1 is 1.20 bits per heavy atom. The molecule has 0 saturated heterocycles. The highest BCUT2D eigenvalue weighted by atomic mass is 16.2. The number of nitriles is 1. The molecule has 0 spiro atoms. The number of aromatic nitrogens is 4. The quantitative estimate of drug-likeness (QED) is 0.758. The zero-order valence-electron chi connectivity index (χ0n) is 13.8. The molecule has 3 rings (SSSR count). The highest BCUT2D eigenvalue weighted by Crippen LogP contribution is 2.16. The third kappa shape index (κ3) is 2.83. The summed E-state index contributed by atoms with van der Waals surface area (Å²) in [5.41, 5.74) is 0.646. The summed E-state index contributed by atoms with van der Waals surface area (Å²) in [4.78, 5) is 28.3. The molecule has 8 heteroatoms. The summed E-state index contributed by atoms with van der Waals surface area (Å²) in [6, 6.07) is 9.55. The van der Waals surface area contributed by atoms with Crippen LogP contribution >= 0.6 is 0 Å². The van der Waals surface area contributed by atoms with Crippen molar-refractivity contribution in [1.29, 1.82) is 5.26 Å². The standard InChI is InChI=1S/C17H16N6O2/c1-21-15(13(9-18)16(24)22(2)17(21)25)20-10-12-5-3-4-6-14(12)23-8-7-19-11-23/h3-8,11,20H,10H2,1-2H3. The van der Waals surface area contributed by atoms with Gasteiger partial charge in [-0.1, -0.05) is 18.2 Å². The zero-order chi connectivity index (χ0) is 18.0. The van der Waals surface area contributed by atoms with Gasteiger partial charge in [0.1, 0.15) is 11.9 Å². The SMILES string of the molecule is Cn1c(NCc2ccccc2-n2ccnc2)c(C#N)c(=O)n(C)c1=O. The smallest absolute Gasteiger partial charge is 0.332 e. The molecule has 1 aromatic carbocycles. The number of para-hydroxylation sites is 1. The lowest BCUT2D eigenvalue weighted by Gasteiger charge is -2.15. The molecule has 25 heavy (non-hydrogen) atoms. The van der Waals surface area contributed by atoms with Gasteiger partial charge in [0.2, 0.25) is 0 Å². The molecule has 2 aromatic heterocycles. The Kier molecular flexibility index (Phi) is 4.22. The van der Waals surface area contributed by atoms with Crippen LogP contribution in [0.4, 0.5) is 5.82 Å². The minimum absolute atomic E-state index is 0.0929. The zero-order valence-corrected chi connectivity index (χ0v) is 13.8. The number of rotatable bonds is 4. The molecular formula is C17H16N6O2. The van der Waals surface area contributed by atoms with Crippen LogP contribution in [0.2, 0.25) is 0 Å². The van der Waals surface area contributed by atoms with Gasteiger partial charge < -0.3 is 9.88 Å². The van der Waals surface area contributed by atoms with Gasteiger partial charge in [0.25, 0.3) is 5.56 Å². The topological polar surface area (TPSA) is 97.6 Å². The van der Waals surface area contributed by atoms with Gasteiger partial charge in [-0.2, -0.15) is 5.26 Å². The van der Waals surface area contributed by atoms with Gasteiger partial charge in [-0.05, 0) is 11.6 Å². The summed E-state index contributed by atoms with van der Waals surface area (Å²) in [5.74, 6) is 0.205. The highest BCUT2D eigenvalue weighted by Gasteiger charge is 2.15. The Balaban J connectivity index is 2.01. The van der Waals surface area contributed by atoms with Crippen LogP contribution in [0.1, 0.15) is 11.1 Å². The summed E-state index contributed by atoms with van der Waals surface area (Å²) < 4.78 is 4.05. The van der Waals surface area contributed by atoms with Crippen molar-refractivity contribution in [3.05, 3.63) is 75.0 Å². The Hall–Kier alpha value is -3.60. The van der Waals surface area contributed by atoms with E-state index in [1.54, 1.807) is 12.5 Å². The van der Waals surface area contributed by atoms with E-state index in [0.717, 1.165) is 15.8 Å². The fraction of sp³-hybridized carbons (Fsp3) is 0.176. The van der Waals surface area contributed by atoms with E-state index in [1.165, 1.54) is 18.7 Å². The van der Waals surface area contributed by atoms with Crippen molar-refractivity contribution in [2.45, 2.75) is 6.54 Å². The molecule has 0 fully saturated rings. The number of imidazole rings is 1. The van der Waals surface area contributed by atoms with Crippen molar-refractivity contribution in [3.63, 3.8) is 0 Å². The van der Waals surface area contributed by atoms with Gasteiger partial charge in [-0.25, -0.2) is 9.78 Å². The molecule has 0 unspecified atom stereocenters. The maximum Gasteiger partial charge on any atom is 0.332 e. The van der Waals surface area contributed by atoms with Crippen molar-refractivity contribution in [2.24, 2.45) is 14.1 Å². The maximum absolute atomic E-state index is 12.1. The molecule has 2 heterocycles. The summed E-state index contributed by atoms with van der Waals surface area (Å²) in [5, 5.41) is 12.4. The first-order valence-corrected chi connectivity index (χ1v) is 7.54. The number of nitrogens with zero attached hydrogens (tertiary/aromatic N) is 5. The van der Waals surface area contributed by atoms with Crippen molar-refractivity contribution in [3.8, 4) is 11.8 Å². The fourth-order valence-electron chi connectivity index (χ4n) is 2.64. The third-order valence-corrected chi connectivity index (χ3v) is 4.00. The number of hydrogen-bond acceptors (Lipinski definition) is 5. The van der Waals surface area contributed by atoms with E-state index >= 15 is 0 Å². The molecule has 0 radical (unpaired) electrons. The van der Waals surface area contributed by atoms with Crippen molar-refractivity contribution < 1.29 is 0 Å². The molecule has 126 valence electrons. The number of nitrogens with one attached hydrogen (secondary N) is 1. The van der Waals surface area contributed by atoms with Gasteiger partial charge in [0, 0.05) is 33.0 Å². The average Bonchev–Trinajstić information content (AvgIpc) is 3.16. The number of anilines is 1. The molecule has 0 saturated carbocycles. The van der Waals surface area contributed by atoms with Crippen LogP contribution in [0, 0.1) is 11.3 Å². The lowest BCUT2D eigenvalue weighted by atomic mass is 10.1. The lowest BCUT2D eigenvalue weighted by Crippen LogP contribution is -2.39. The van der Waals surface area contributed by atoms with Crippen molar-refractivity contribution in [2.75, 3.05) is 5.32 Å². The van der Waals surface area contributed by atoms with Gasteiger partial charge in [-0.3, -0.25) is 13.9 Å². The van der Waals surface area contributed by atoms with E-state index in [1.807, 2.05) is 41.1 Å². The number of hydrogen-bond donors (Lipinski definition) is 1.